The van der Waals surface area contributed by atoms with Gasteiger partial charge in [0, 0.05) is 31.8 Å². The summed E-state index contributed by atoms with van der Waals surface area (Å²) in [7, 11) is 0. The lowest BCUT2D eigenvalue weighted by Gasteiger charge is -2.35. The van der Waals surface area contributed by atoms with Crippen molar-refractivity contribution in [2.24, 2.45) is 16.8 Å². The lowest BCUT2D eigenvalue weighted by Crippen LogP contribution is -2.47. The van der Waals surface area contributed by atoms with E-state index in [2.05, 4.69) is 90.9 Å². The quantitative estimate of drug-likeness (QED) is 0.559. The van der Waals surface area contributed by atoms with Crippen LogP contribution in [-0.2, 0) is 12.8 Å². The monoisotopic (exact) mass is 486 g/mol. The van der Waals surface area contributed by atoms with E-state index in [0.29, 0.717) is 35.7 Å². The minimum absolute atomic E-state index is 0.333. The van der Waals surface area contributed by atoms with Crippen LogP contribution >= 0.6 is 0 Å². The van der Waals surface area contributed by atoms with E-state index in [4.69, 9.17) is 4.99 Å². The minimum atomic E-state index is 0.333. The van der Waals surface area contributed by atoms with Gasteiger partial charge in [-0.1, -0.05) is 70.2 Å². The molecule has 3 atom stereocenters. The second kappa shape index (κ2) is 10.6. The number of aromatic hydroxyl groups is 1. The van der Waals surface area contributed by atoms with E-state index < -0.39 is 0 Å². The molecule has 5 nitrogen and oxygen atoms in total. The molecule has 0 radical (unpaired) electrons. The summed E-state index contributed by atoms with van der Waals surface area (Å²) in [6.07, 6.45) is 5.60. The predicted molar refractivity (Wildman–Crippen MR) is 148 cm³/mol. The molecule has 0 saturated carbocycles. The zero-order valence-electron chi connectivity index (χ0n) is 22.3. The molecule has 0 aromatic heterocycles. The van der Waals surface area contributed by atoms with Crippen LogP contribution in [0.25, 0.3) is 0 Å². The minimum Gasteiger partial charge on any atom is -0.508 e. The van der Waals surface area contributed by atoms with Crippen LogP contribution in [0.5, 0.6) is 5.75 Å². The Labute approximate surface area is 217 Å². The highest BCUT2D eigenvalue weighted by Crippen LogP contribution is 2.35. The van der Waals surface area contributed by atoms with Gasteiger partial charge in [-0.15, -0.1) is 0 Å². The van der Waals surface area contributed by atoms with Crippen molar-refractivity contribution in [3.63, 3.8) is 0 Å². The van der Waals surface area contributed by atoms with Crippen LogP contribution < -0.4 is 0 Å². The van der Waals surface area contributed by atoms with E-state index in [1.54, 1.807) is 0 Å². The summed E-state index contributed by atoms with van der Waals surface area (Å²) in [4.78, 5) is 13.0. The Balaban J connectivity index is 1.48. The van der Waals surface area contributed by atoms with Crippen LogP contribution in [0.4, 0.5) is 0 Å². The molecule has 2 aromatic carbocycles. The molecule has 0 bridgehead atoms. The molecular weight excluding hydrogens is 444 g/mol. The second-order valence-corrected chi connectivity index (χ2v) is 11.6. The third kappa shape index (κ3) is 5.25. The summed E-state index contributed by atoms with van der Waals surface area (Å²) in [6, 6.07) is 20.0. The number of aliphatic imine (C=N–C) groups is 1. The zero-order chi connectivity index (χ0) is 25.2. The maximum atomic E-state index is 9.83. The van der Waals surface area contributed by atoms with Crippen molar-refractivity contribution in [2.75, 3.05) is 26.2 Å². The number of rotatable bonds is 8. The van der Waals surface area contributed by atoms with Crippen LogP contribution in [0.15, 0.2) is 71.5 Å². The maximum Gasteiger partial charge on any atom is 0.127 e. The number of hydrogen-bond acceptors (Lipinski definition) is 5. The largest absolute Gasteiger partial charge is 0.508 e. The molecule has 36 heavy (non-hydrogen) atoms. The molecule has 2 aromatic rings. The van der Waals surface area contributed by atoms with Gasteiger partial charge < -0.3 is 19.8 Å². The number of phenolic OH excluding ortho intramolecular Hbond substituents is 1. The van der Waals surface area contributed by atoms with Gasteiger partial charge >= 0.3 is 0 Å². The summed E-state index contributed by atoms with van der Waals surface area (Å²) in [5.74, 6) is 4.07. The molecule has 0 aliphatic carbocycles. The average molecular weight is 487 g/mol. The van der Waals surface area contributed by atoms with Crippen LogP contribution in [0, 0.1) is 11.8 Å². The van der Waals surface area contributed by atoms with E-state index in [1.165, 1.54) is 23.4 Å². The van der Waals surface area contributed by atoms with Gasteiger partial charge in [0.2, 0.25) is 0 Å². The van der Waals surface area contributed by atoms with Gasteiger partial charge in [0.15, 0.2) is 0 Å². The van der Waals surface area contributed by atoms with Gasteiger partial charge in [0.1, 0.15) is 17.4 Å². The predicted octanol–water partition coefficient (Wildman–Crippen LogP) is 5.17. The first-order chi connectivity index (χ1) is 17.4. The van der Waals surface area contributed by atoms with Crippen LogP contribution in [0.2, 0.25) is 0 Å². The SMILES string of the molecule is CC(C)C[C@H]1CN2C(=CC3=NCC(C(C)C)N3C[C@@H]2Cc2ccc(O)cc2)N1CCc1ccccc1. The first kappa shape index (κ1) is 24.7. The van der Waals surface area contributed by atoms with E-state index in [0.717, 1.165) is 44.9 Å². The Hall–Kier alpha value is -2.95. The van der Waals surface area contributed by atoms with Crippen molar-refractivity contribution in [3.8, 4) is 5.75 Å². The van der Waals surface area contributed by atoms with Gasteiger partial charge in [-0.2, -0.15) is 0 Å². The first-order valence-corrected chi connectivity index (χ1v) is 13.8. The second-order valence-electron chi connectivity index (χ2n) is 11.6. The molecule has 3 aliphatic heterocycles. The van der Waals surface area contributed by atoms with Gasteiger partial charge in [-0.25, -0.2) is 0 Å². The number of hydrogen-bond donors (Lipinski definition) is 1. The molecule has 1 saturated heterocycles. The number of amidine groups is 1. The molecule has 3 heterocycles. The fourth-order valence-corrected chi connectivity index (χ4v) is 6.20. The van der Waals surface area contributed by atoms with Gasteiger partial charge in [0.05, 0.1) is 18.6 Å². The van der Waals surface area contributed by atoms with Crippen LogP contribution in [0.1, 0.15) is 45.2 Å². The Morgan fingerprint density at radius 1 is 0.889 bits per heavy atom. The smallest absolute Gasteiger partial charge is 0.127 e. The molecule has 5 heteroatoms. The summed E-state index contributed by atoms with van der Waals surface area (Å²) in [5.41, 5.74) is 2.68. The highest BCUT2D eigenvalue weighted by molar-refractivity contribution is 5.95. The van der Waals surface area contributed by atoms with E-state index in [1.807, 2.05) is 12.1 Å². The van der Waals surface area contributed by atoms with Crippen LogP contribution in [-0.4, -0.2) is 69.9 Å². The topological polar surface area (TPSA) is 42.3 Å². The Morgan fingerprint density at radius 2 is 1.61 bits per heavy atom. The molecule has 3 aliphatic rings. The highest BCUT2D eigenvalue weighted by Gasteiger charge is 2.43. The Morgan fingerprint density at radius 3 is 2.31 bits per heavy atom. The Kier molecular flexibility index (Phi) is 7.27. The molecule has 0 amide bonds. The van der Waals surface area contributed by atoms with Crippen molar-refractivity contribution in [3.05, 3.63) is 77.6 Å². The fourth-order valence-electron chi connectivity index (χ4n) is 6.20. The van der Waals surface area contributed by atoms with Crippen molar-refractivity contribution in [1.29, 1.82) is 0 Å². The summed E-state index contributed by atoms with van der Waals surface area (Å²) in [6.45, 7) is 13.3. The van der Waals surface area contributed by atoms with Gasteiger partial charge in [-0.3, -0.25) is 4.99 Å². The summed E-state index contributed by atoms with van der Waals surface area (Å²) >= 11 is 0. The van der Waals surface area contributed by atoms with Gasteiger partial charge in [0.25, 0.3) is 0 Å². The normalized spacial score (nSPS) is 23.6. The molecule has 1 N–H and O–H groups in total. The van der Waals surface area contributed by atoms with Crippen LogP contribution in [0.3, 0.4) is 0 Å². The van der Waals surface area contributed by atoms with Crippen molar-refractivity contribution >= 4 is 5.84 Å². The molecule has 5 rings (SSSR count). The summed E-state index contributed by atoms with van der Waals surface area (Å²) in [5, 5.41) is 9.83. The van der Waals surface area contributed by atoms with Crippen molar-refractivity contribution in [2.45, 2.75) is 65.1 Å². The lowest BCUT2D eigenvalue weighted by molar-refractivity contribution is 0.192. The van der Waals surface area contributed by atoms with E-state index in [9.17, 15) is 5.11 Å². The molecule has 1 unspecified atom stereocenters. The van der Waals surface area contributed by atoms with E-state index >= 15 is 0 Å². The number of fused-ring (bicyclic) bond motifs is 2. The Bertz CT molecular complexity index is 1080. The van der Waals surface area contributed by atoms with Crippen molar-refractivity contribution < 1.29 is 5.11 Å². The lowest BCUT2D eigenvalue weighted by atomic mass is 9.99. The average Bonchev–Trinajstić information content (AvgIpc) is 3.36. The maximum absolute atomic E-state index is 9.83. The number of phenols is 1. The molecule has 192 valence electrons. The molecular formula is C31H42N4O. The number of benzene rings is 2. The molecule has 1 fully saturated rings. The third-order valence-corrected chi connectivity index (χ3v) is 8.08. The zero-order valence-corrected chi connectivity index (χ0v) is 22.3. The third-order valence-electron chi connectivity index (χ3n) is 8.08. The summed E-state index contributed by atoms with van der Waals surface area (Å²) < 4.78 is 0. The highest BCUT2D eigenvalue weighted by atomic mass is 16.3. The number of nitrogens with zero attached hydrogens (tertiary/aromatic N) is 4. The van der Waals surface area contributed by atoms with E-state index in [-0.39, 0.29) is 0 Å². The molecule has 0 spiro atoms. The van der Waals surface area contributed by atoms with Crippen molar-refractivity contribution in [1.82, 2.24) is 14.7 Å². The first-order valence-electron chi connectivity index (χ1n) is 13.8. The standard InChI is InChI=1S/C31H42N4O/c1-22(2)16-26-20-34-27(17-25-10-12-28(36)13-11-25)21-35-29(23(3)4)19-32-30(35)18-31(34)33(26)15-14-24-8-6-5-7-9-24/h5-13,18,22-23,26-27,29,36H,14-17,19-21H2,1-4H3/t26-,27-,29?/m0/s1. The fraction of sp³-hybridized carbons (Fsp3) is 0.516. The van der Waals surface area contributed by atoms with Gasteiger partial charge in [-0.05, 0) is 54.4 Å².